The van der Waals surface area contributed by atoms with Gasteiger partial charge in [-0.05, 0) is 24.0 Å². The number of carbonyl (C=O) groups is 4. The summed E-state index contributed by atoms with van der Waals surface area (Å²) in [5, 5.41) is 15.7. The minimum absolute atomic E-state index is 0.0142. The fourth-order valence-electron chi connectivity index (χ4n) is 6.34. The van der Waals surface area contributed by atoms with Crippen molar-refractivity contribution in [2.45, 2.75) is 63.8 Å². The smallest absolute Gasteiger partial charge is 0.405 e. The lowest BCUT2D eigenvalue weighted by molar-refractivity contribution is -0.144. The lowest BCUT2D eigenvalue weighted by Crippen LogP contribution is -2.58. The number of esters is 1. The Bertz CT molecular complexity index is 1720. The van der Waals surface area contributed by atoms with E-state index in [9.17, 15) is 24.3 Å². The summed E-state index contributed by atoms with van der Waals surface area (Å²) in [6.07, 6.45) is 0.261. The van der Waals surface area contributed by atoms with Crippen molar-refractivity contribution in [2.24, 2.45) is 11.3 Å². The Kier molecular flexibility index (Phi) is 9.65. The van der Waals surface area contributed by atoms with Crippen LogP contribution in [0.4, 0.5) is 4.79 Å². The molecule has 2 heterocycles. The van der Waals surface area contributed by atoms with E-state index in [1.807, 2.05) is 48.5 Å². The van der Waals surface area contributed by atoms with Gasteiger partial charge in [0.2, 0.25) is 11.8 Å². The van der Waals surface area contributed by atoms with Gasteiger partial charge >= 0.3 is 12.1 Å². The molecule has 5 atom stereocenters. The Hall–Kier alpha value is -5.13. The maximum absolute atomic E-state index is 14.1. The van der Waals surface area contributed by atoms with Crippen molar-refractivity contribution in [1.82, 2.24) is 20.5 Å². The van der Waals surface area contributed by atoms with Gasteiger partial charge in [0, 0.05) is 35.4 Å². The maximum atomic E-state index is 14.1. The van der Waals surface area contributed by atoms with Gasteiger partial charge in [0.25, 0.3) is 0 Å². The third kappa shape index (κ3) is 7.22. The van der Waals surface area contributed by atoms with Crippen LogP contribution in [0, 0.1) is 11.3 Å². The Morgan fingerprint density at radius 2 is 1.85 bits per heavy atom. The molecule has 12 heteroatoms. The number of nitrogens with zero attached hydrogens (tertiary/aromatic N) is 2. The molecule has 1 saturated heterocycles. The average Bonchev–Trinajstić information content (AvgIpc) is 3.56. The van der Waals surface area contributed by atoms with E-state index >= 15 is 0 Å². The zero-order chi connectivity index (χ0) is 34.8. The van der Waals surface area contributed by atoms with Gasteiger partial charge in [-0.1, -0.05) is 57.2 Å². The molecule has 0 bridgehead atoms. The van der Waals surface area contributed by atoms with Crippen LogP contribution in [0.15, 0.2) is 67.3 Å². The third-order valence-electron chi connectivity index (χ3n) is 9.05. The summed E-state index contributed by atoms with van der Waals surface area (Å²) in [6, 6.07) is 14.8. The highest BCUT2D eigenvalue weighted by Gasteiger charge is 2.56. The van der Waals surface area contributed by atoms with E-state index in [-0.39, 0.29) is 25.3 Å². The Balaban J connectivity index is 1.50. The van der Waals surface area contributed by atoms with Crippen LogP contribution in [0.3, 0.4) is 0 Å². The van der Waals surface area contributed by atoms with E-state index in [0.717, 1.165) is 5.56 Å². The standard InChI is InChI=1S/C36H42N4O8/c1-7-22-18-36(22,19-30(41)47-6)39-32(42)28-16-24(20-40(28)33(43)31(35(2,3)4)38-34(44)45)48-29-17-26(21-11-9-8-10-12-21)37-27-15-23(46-5)13-14-25(27)29/h7-15,17,22,24,28,31,38H,1,16,18-20H2,2-6H3,(H,39,42)(H,44,45)/t22-,24-,28+,31-,36+/m1/s1. The zero-order valence-corrected chi connectivity index (χ0v) is 27.8. The summed E-state index contributed by atoms with van der Waals surface area (Å²) in [4.78, 5) is 58.5. The van der Waals surface area contributed by atoms with Gasteiger partial charge in [0.05, 0.1) is 43.9 Å². The van der Waals surface area contributed by atoms with Crippen molar-refractivity contribution in [1.29, 1.82) is 0 Å². The Morgan fingerprint density at radius 3 is 2.46 bits per heavy atom. The number of aromatic nitrogens is 1. The number of ether oxygens (including phenoxy) is 3. The Morgan fingerprint density at radius 1 is 1.12 bits per heavy atom. The van der Waals surface area contributed by atoms with Crippen LogP contribution in [-0.4, -0.2) is 83.4 Å². The molecule has 3 aromatic rings. The average molecular weight is 659 g/mol. The van der Waals surface area contributed by atoms with Gasteiger partial charge in [-0.2, -0.15) is 0 Å². The molecule has 1 aliphatic carbocycles. The molecule has 0 spiro atoms. The summed E-state index contributed by atoms with van der Waals surface area (Å²) in [5.41, 5.74) is 0.485. The molecule has 12 nitrogen and oxygen atoms in total. The quantitative estimate of drug-likeness (QED) is 0.199. The molecule has 5 rings (SSSR count). The van der Waals surface area contributed by atoms with Crippen molar-refractivity contribution in [3.63, 3.8) is 0 Å². The number of benzene rings is 2. The summed E-state index contributed by atoms with van der Waals surface area (Å²) >= 11 is 0. The van der Waals surface area contributed by atoms with Crippen LogP contribution < -0.4 is 20.1 Å². The van der Waals surface area contributed by atoms with E-state index in [1.165, 1.54) is 12.0 Å². The predicted molar refractivity (Wildman–Crippen MR) is 178 cm³/mol. The van der Waals surface area contributed by atoms with Crippen LogP contribution >= 0.6 is 0 Å². The molecule has 2 aliphatic rings. The van der Waals surface area contributed by atoms with Crippen LogP contribution in [0.5, 0.6) is 11.5 Å². The van der Waals surface area contributed by atoms with Crippen molar-refractivity contribution < 1.29 is 38.5 Å². The van der Waals surface area contributed by atoms with Crippen molar-refractivity contribution >= 4 is 34.8 Å². The fourth-order valence-corrected chi connectivity index (χ4v) is 6.34. The molecule has 48 heavy (non-hydrogen) atoms. The number of fused-ring (bicyclic) bond motifs is 1. The van der Waals surface area contributed by atoms with Crippen LogP contribution in [0.1, 0.15) is 40.0 Å². The number of likely N-dealkylation sites (tertiary alicyclic amines) is 1. The number of amides is 3. The van der Waals surface area contributed by atoms with Gasteiger partial charge in [-0.25, -0.2) is 9.78 Å². The normalized spacial score (nSPS) is 22.4. The van der Waals surface area contributed by atoms with Crippen molar-refractivity contribution in [3.8, 4) is 22.8 Å². The second-order valence-corrected chi connectivity index (χ2v) is 13.4. The minimum Gasteiger partial charge on any atom is -0.497 e. The maximum Gasteiger partial charge on any atom is 0.405 e. The highest BCUT2D eigenvalue weighted by Crippen LogP contribution is 2.47. The monoisotopic (exact) mass is 658 g/mol. The third-order valence-corrected chi connectivity index (χ3v) is 9.05. The first kappa shape index (κ1) is 34.2. The number of rotatable bonds is 11. The van der Waals surface area contributed by atoms with Gasteiger partial charge in [-0.15, -0.1) is 6.58 Å². The minimum atomic E-state index is -1.35. The summed E-state index contributed by atoms with van der Waals surface area (Å²) in [6.45, 7) is 9.09. The molecular weight excluding hydrogens is 616 g/mol. The molecular formula is C36H42N4O8. The highest BCUT2D eigenvalue weighted by molar-refractivity contribution is 5.93. The number of carbonyl (C=O) groups excluding carboxylic acids is 3. The summed E-state index contributed by atoms with van der Waals surface area (Å²) < 4.78 is 16.9. The first-order valence-electron chi connectivity index (χ1n) is 15.8. The number of carboxylic acid groups (broad SMARTS) is 1. The molecule has 2 fully saturated rings. The second kappa shape index (κ2) is 13.5. The summed E-state index contributed by atoms with van der Waals surface area (Å²) in [7, 11) is 2.86. The number of hydrogen-bond acceptors (Lipinski definition) is 8. The predicted octanol–water partition coefficient (Wildman–Crippen LogP) is 4.57. The number of pyridine rings is 1. The number of methoxy groups -OCH3 is 2. The van der Waals surface area contributed by atoms with E-state index in [4.69, 9.17) is 19.2 Å². The fraction of sp³-hybridized carbons (Fsp3) is 0.417. The first-order chi connectivity index (χ1) is 22.8. The highest BCUT2D eigenvalue weighted by atomic mass is 16.5. The Labute approximate surface area is 279 Å². The van der Waals surface area contributed by atoms with Crippen LogP contribution in [0.2, 0.25) is 0 Å². The van der Waals surface area contributed by atoms with E-state index in [2.05, 4.69) is 17.2 Å². The van der Waals surface area contributed by atoms with Crippen molar-refractivity contribution in [3.05, 3.63) is 67.3 Å². The molecule has 1 aliphatic heterocycles. The number of hydrogen-bond donors (Lipinski definition) is 3. The molecule has 1 saturated carbocycles. The number of nitrogens with one attached hydrogen (secondary N) is 2. The van der Waals surface area contributed by atoms with E-state index in [0.29, 0.717) is 34.5 Å². The molecule has 0 unspecified atom stereocenters. The molecule has 254 valence electrons. The summed E-state index contributed by atoms with van der Waals surface area (Å²) in [5.74, 6) is -0.520. The van der Waals surface area contributed by atoms with E-state index < -0.39 is 53.0 Å². The van der Waals surface area contributed by atoms with Crippen molar-refractivity contribution in [2.75, 3.05) is 20.8 Å². The first-order valence-corrected chi connectivity index (χ1v) is 15.8. The topological polar surface area (TPSA) is 156 Å². The molecule has 1 aromatic heterocycles. The lowest BCUT2D eigenvalue weighted by atomic mass is 9.85. The van der Waals surface area contributed by atoms with Gasteiger partial charge in [-0.3, -0.25) is 14.4 Å². The molecule has 3 N–H and O–H groups in total. The van der Waals surface area contributed by atoms with Gasteiger partial charge in [0.15, 0.2) is 0 Å². The van der Waals surface area contributed by atoms with Crippen LogP contribution in [-0.2, 0) is 19.1 Å². The van der Waals surface area contributed by atoms with Gasteiger partial charge < -0.3 is 34.9 Å². The largest absolute Gasteiger partial charge is 0.497 e. The lowest BCUT2D eigenvalue weighted by Gasteiger charge is -2.35. The molecule has 2 aromatic carbocycles. The second-order valence-electron chi connectivity index (χ2n) is 13.4. The SMILES string of the molecule is C=C[C@@H]1C[C@@]1(CC(=O)OC)NC(=O)[C@@H]1C[C@@H](Oc2cc(-c3ccccc3)nc3cc(OC)ccc23)CN1C(=O)[C@@H](NC(=O)O)C(C)(C)C. The van der Waals surface area contributed by atoms with Crippen LogP contribution in [0.25, 0.3) is 22.2 Å². The molecule has 0 radical (unpaired) electrons. The van der Waals surface area contributed by atoms with E-state index in [1.54, 1.807) is 40.0 Å². The zero-order valence-electron chi connectivity index (χ0n) is 27.8. The molecule has 3 amide bonds. The van der Waals surface area contributed by atoms with Gasteiger partial charge in [0.1, 0.15) is 29.7 Å².